The van der Waals surface area contributed by atoms with Crippen molar-refractivity contribution in [1.29, 1.82) is 0 Å². The molecule has 0 bridgehead atoms. The summed E-state index contributed by atoms with van der Waals surface area (Å²) in [6.45, 7) is 13.0. The Morgan fingerprint density at radius 3 is 2.53 bits per heavy atom. The molecule has 1 aliphatic heterocycles. The molecule has 5 aliphatic rings. The minimum atomic E-state index is 0.314. The number of hydrogen-bond donors (Lipinski definition) is 1. The highest BCUT2D eigenvalue weighted by molar-refractivity contribution is 5.15. The monoisotopic (exact) mass is 416 g/mol. The Morgan fingerprint density at radius 2 is 1.77 bits per heavy atom. The molecule has 1 saturated heterocycles. The largest absolute Gasteiger partial charge is 0.396 e. The van der Waals surface area contributed by atoms with Crippen LogP contribution < -0.4 is 0 Å². The Balaban J connectivity index is 1.34. The highest BCUT2D eigenvalue weighted by Gasteiger charge is 2.66. The normalized spacial score (nSPS) is 56.0. The van der Waals surface area contributed by atoms with Gasteiger partial charge in [0.05, 0.1) is 12.2 Å². The molecule has 4 aliphatic carbocycles. The van der Waals surface area contributed by atoms with Gasteiger partial charge >= 0.3 is 0 Å². The van der Waals surface area contributed by atoms with Crippen LogP contribution in [0.15, 0.2) is 0 Å². The summed E-state index contributed by atoms with van der Waals surface area (Å²) in [5.74, 6) is 4.68. The van der Waals surface area contributed by atoms with E-state index >= 15 is 0 Å². The lowest BCUT2D eigenvalue weighted by atomic mass is 9.40. The van der Waals surface area contributed by atoms with Crippen molar-refractivity contribution >= 4 is 0 Å². The van der Waals surface area contributed by atoms with Gasteiger partial charge in [0.1, 0.15) is 0 Å². The predicted molar refractivity (Wildman–Crippen MR) is 123 cm³/mol. The molecule has 0 spiro atoms. The second-order valence-electron chi connectivity index (χ2n) is 13.3. The van der Waals surface area contributed by atoms with E-state index < -0.39 is 0 Å². The van der Waals surface area contributed by atoms with E-state index in [4.69, 9.17) is 4.74 Å². The van der Waals surface area contributed by atoms with E-state index in [0.29, 0.717) is 46.9 Å². The number of hydrogen-bond acceptors (Lipinski definition) is 2. The highest BCUT2D eigenvalue weighted by atomic mass is 16.5. The summed E-state index contributed by atoms with van der Waals surface area (Å²) in [5.41, 5.74) is 1.69. The van der Waals surface area contributed by atoms with Crippen molar-refractivity contribution in [3.8, 4) is 0 Å². The Hall–Kier alpha value is -0.0800. The SMILES string of the molecule is CC1C2C(C[C@H]3[C@@H]4CC[C@]5(C)CCCC[C@]5(C)[C@H]4CC[C@]23C)O[C@@H]1CC[C@H](C)CO. The molecule has 1 N–H and O–H groups in total. The van der Waals surface area contributed by atoms with Crippen LogP contribution in [0, 0.1) is 51.8 Å². The molecule has 0 radical (unpaired) electrons. The predicted octanol–water partition coefficient (Wildman–Crippen LogP) is 6.85. The van der Waals surface area contributed by atoms with Gasteiger partial charge in [-0.25, -0.2) is 0 Å². The average molecular weight is 417 g/mol. The summed E-state index contributed by atoms with van der Waals surface area (Å²) in [5, 5.41) is 9.42. The van der Waals surface area contributed by atoms with Crippen molar-refractivity contribution in [1.82, 2.24) is 0 Å². The first-order valence-electron chi connectivity index (χ1n) is 13.5. The van der Waals surface area contributed by atoms with E-state index in [2.05, 4.69) is 34.6 Å². The van der Waals surface area contributed by atoms with Crippen molar-refractivity contribution in [3.63, 3.8) is 0 Å². The molecule has 30 heavy (non-hydrogen) atoms. The van der Waals surface area contributed by atoms with Gasteiger partial charge in [0.15, 0.2) is 0 Å². The lowest BCUT2D eigenvalue weighted by Crippen LogP contribution is -2.57. The van der Waals surface area contributed by atoms with Gasteiger partial charge in [0, 0.05) is 6.61 Å². The zero-order valence-corrected chi connectivity index (χ0v) is 20.5. The van der Waals surface area contributed by atoms with Crippen molar-refractivity contribution in [2.75, 3.05) is 6.61 Å². The molecule has 2 nitrogen and oxygen atoms in total. The Kier molecular flexibility index (Phi) is 5.42. The molecule has 1 heterocycles. The third kappa shape index (κ3) is 2.94. The minimum Gasteiger partial charge on any atom is -0.396 e. The van der Waals surface area contributed by atoms with E-state index in [9.17, 15) is 5.11 Å². The van der Waals surface area contributed by atoms with Gasteiger partial charge in [-0.3, -0.25) is 0 Å². The molecule has 0 aromatic carbocycles. The van der Waals surface area contributed by atoms with Crippen LogP contribution in [0.2, 0.25) is 0 Å². The molecule has 4 saturated carbocycles. The minimum absolute atomic E-state index is 0.314. The Bertz CT molecular complexity index is 647. The van der Waals surface area contributed by atoms with Gasteiger partial charge < -0.3 is 9.84 Å². The van der Waals surface area contributed by atoms with Crippen LogP contribution in [-0.4, -0.2) is 23.9 Å². The van der Waals surface area contributed by atoms with Crippen molar-refractivity contribution in [2.45, 2.75) is 117 Å². The second kappa shape index (κ2) is 7.47. The molecule has 11 atom stereocenters. The van der Waals surface area contributed by atoms with Crippen LogP contribution in [0.25, 0.3) is 0 Å². The van der Waals surface area contributed by atoms with E-state index in [-0.39, 0.29) is 0 Å². The topological polar surface area (TPSA) is 29.5 Å². The van der Waals surface area contributed by atoms with Crippen molar-refractivity contribution in [3.05, 3.63) is 0 Å². The van der Waals surface area contributed by atoms with Gasteiger partial charge in [0.2, 0.25) is 0 Å². The first-order chi connectivity index (χ1) is 14.2. The van der Waals surface area contributed by atoms with Crippen LogP contribution >= 0.6 is 0 Å². The molecule has 172 valence electrons. The number of aliphatic hydroxyl groups is 1. The first kappa shape index (κ1) is 21.7. The fraction of sp³-hybridized carbons (Fsp3) is 1.00. The molecule has 0 aromatic heterocycles. The lowest BCUT2D eigenvalue weighted by Gasteiger charge is -2.64. The molecule has 3 unspecified atom stereocenters. The maximum atomic E-state index is 9.42. The summed E-state index contributed by atoms with van der Waals surface area (Å²) in [7, 11) is 0. The third-order valence-corrected chi connectivity index (χ3v) is 12.2. The standard InChI is InChI=1S/C28H48O2/c1-18(17-29)8-9-23-19(2)25-24(30-23)16-22-20-10-14-26(3)12-6-7-13-28(26,5)21(20)11-15-27(22,25)4/h18-25,29H,6-17H2,1-5H3/t18-,19?,20+,21-,22-,23+,24?,25?,26-,27-,28+/m0/s1. The maximum absolute atomic E-state index is 9.42. The van der Waals surface area contributed by atoms with E-state index in [1.807, 2.05) is 0 Å². The van der Waals surface area contributed by atoms with Gasteiger partial charge in [-0.2, -0.15) is 0 Å². The quantitative estimate of drug-likeness (QED) is 0.543. The molecule has 5 fully saturated rings. The van der Waals surface area contributed by atoms with Gasteiger partial charge in [-0.15, -0.1) is 0 Å². The summed E-state index contributed by atoms with van der Waals surface area (Å²) >= 11 is 0. The summed E-state index contributed by atoms with van der Waals surface area (Å²) in [6.07, 6.45) is 16.3. The van der Waals surface area contributed by atoms with Gasteiger partial charge in [-0.1, -0.05) is 47.5 Å². The Labute approximate surface area is 185 Å². The highest BCUT2D eigenvalue weighted by Crippen LogP contribution is 2.72. The van der Waals surface area contributed by atoms with Crippen LogP contribution in [-0.2, 0) is 4.74 Å². The summed E-state index contributed by atoms with van der Waals surface area (Å²) in [4.78, 5) is 0. The first-order valence-corrected chi connectivity index (χ1v) is 13.5. The average Bonchev–Trinajstić information content (AvgIpc) is 3.20. The molecule has 0 aromatic rings. The molecule has 5 rings (SSSR count). The second-order valence-corrected chi connectivity index (χ2v) is 13.3. The van der Waals surface area contributed by atoms with E-state index in [0.717, 1.165) is 36.5 Å². The molecular formula is C28H48O2. The van der Waals surface area contributed by atoms with Crippen LogP contribution in [0.4, 0.5) is 0 Å². The number of aliphatic hydroxyl groups excluding tert-OH is 1. The fourth-order valence-electron chi connectivity index (χ4n) is 10.2. The third-order valence-electron chi connectivity index (χ3n) is 12.2. The van der Waals surface area contributed by atoms with Crippen LogP contribution in [0.5, 0.6) is 0 Å². The van der Waals surface area contributed by atoms with E-state index in [1.165, 1.54) is 57.8 Å². The number of fused-ring (bicyclic) bond motifs is 7. The van der Waals surface area contributed by atoms with Crippen LogP contribution in [0.3, 0.4) is 0 Å². The maximum Gasteiger partial charge on any atom is 0.0618 e. The smallest absolute Gasteiger partial charge is 0.0618 e. The molecule has 2 heteroatoms. The summed E-state index contributed by atoms with van der Waals surface area (Å²) < 4.78 is 6.80. The summed E-state index contributed by atoms with van der Waals surface area (Å²) in [6, 6.07) is 0. The zero-order valence-electron chi connectivity index (χ0n) is 20.5. The zero-order chi connectivity index (χ0) is 21.3. The van der Waals surface area contributed by atoms with Gasteiger partial charge in [-0.05, 0) is 110 Å². The van der Waals surface area contributed by atoms with Crippen LogP contribution in [0.1, 0.15) is 105 Å². The van der Waals surface area contributed by atoms with E-state index in [1.54, 1.807) is 0 Å². The molecular weight excluding hydrogens is 368 g/mol. The van der Waals surface area contributed by atoms with Crippen molar-refractivity contribution in [2.24, 2.45) is 51.8 Å². The van der Waals surface area contributed by atoms with Crippen molar-refractivity contribution < 1.29 is 9.84 Å². The fourth-order valence-corrected chi connectivity index (χ4v) is 10.2. The lowest BCUT2D eigenvalue weighted by molar-refractivity contribution is -0.154. The molecule has 0 amide bonds. The number of ether oxygens (including phenoxy) is 1. The Morgan fingerprint density at radius 1 is 1.00 bits per heavy atom. The van der Waals surface area contributed by atoms with Gasteiger partial charge in [0.25, 0.3) is 0 Å². The number of rotatable bonds is 4.